The third-order valence-corrected chi connectivity index (χ3v) is 3.13. The average Bonchev–Trinajstić information content (AvgIpc) is 1.97. The Morgan fingerprint density at radius 3 is 1.69 bits per heavy atom. The van der Waals surface area contributed by atoms with E-state index < -0.39 is 11.6 Å². The molecular formula is C12H24F2N2. The largest absolute Gasteiger partial charge is 0.317 e. The Balaban J connectivity index is 2.82. The van der Waals surface area contributed by atoms with Gasteiger partial charge in [-0.2, -0.15) is 8.78 Å². The molecule has 0 aromatic heterocycles. The number of hydrogen-bond acceptors (Lipinski definition) is 2. The SMILES string of the molecule is CC(C)(C)N1CCN(C(C)(C)C)C(F)(F)C1. The van der Waals surface area contributed by atoms with Crippen molar-refractivity contribution in [3.63, 3.8) is 0 Å². The highest BCUT2D eigenvalue weighted by atomic mass is 19.3. The quantitative estimate of drug-likeness (QED) is 0.595. The smallest absolute Gasteiger partial charge is 0.290 e. The summed E-state index contributed by atoms with van der Waals surface area (Å²) >= 11 is 0. The van der Waals surface area contributed by atoms with Crippen molar-refractivity contribution in [2.24, 2.45) is 0 Å². The van der Waals surface area contributed by atoms with Crippen LogP contribution in [0.3, 0.4) is 0 Å². The van der Waals surface area contributed by atoms with Gasteiger partial charge in [-0.1, -0.05) is 0 Å². The highest BCUT2D eigenvalue weighted by molar-refractivity contribution is 4.92. The van der Waals surface area contributed by atoms with E-state index in [0.717, 1.165) is 0 Å². The summed E-state index contributed by atoms with van der Waals surface area (Å²) in [6.45, 7) is 12.4. The number of hydrogen-bond donors (Lipinski definition) is 0. The van der Waals surface area contributed by atoms with Gasteiger partial charge in [-0.25, -0.2) is 4.90 Å². The number of nitrogens with zero attached hydrogens (tertiary/aromatic N) is 2. The highest BCUT2D eigenvalue weighted by Gasteiger charge is 2.48. The first-order valence-corrected chi connectivity index (χ1v) is 5.85. The molecule has 1 fully saturated rings. The van der Waals surface area contributed by atoms with Crippen molar-refractivity contribution in [3.05, 3.63) is 0 Å². The summed E-state index contributed by atoms with van der Waals surface area (Å²) < 4.78 is 28.1. The highest BCUT2D eigenvalue weighted by Crippen LogP contribution is 2.34. The Morgan fingerprint density at radius 2 is 1.38 bits per heavy atom. The lowest BCUT2D eigenvalue weighted by Crippen LogP contribution is -2.65. The van der Waals surface area contributed by atoms with Crippen LogP contribution in [0.15, 0.2) is 0 Å². The summed E-state index contributed by atoms with van der Waals surface area (Å²) in [7, 11) is 0. The molecule has 0 bridgehead atoms. The van der Waals surface area contributed by atoms with E-state index in [9.17, 15) is 8.78 Å². The summed E-state index contributed by atoms with van der Waals surface area (Å²) in [6, 6.07) is -2.73. The lowest BCUT2D eigenvalue weighted by atomic mass is 10.00. The van der Waals surface area contributed by atoms with Gasteiger partial charge in [-0.05, 0) is 41.5 Å². The number of rotatable bonds is 0. The first-order chi connectivity index (χ1) is 6.94. The molecule has 0 N–H and O–H groups in total. The molecule has 0 aromatic rings. The second-order valence-corrected chi connectivity index (χ2v) is 6.58. The van der Waals surface area contributed by atoms with E-state index in [2.05, 4.69) is 0 Å². The van der Waals surface area contributed by atoms with Crippen LogP contribution in [0.2, 0.25) is 0 Å². The van der Waals surface area contributed by atoms with Gasteiger partial charge in [0.1, 0.15) is 0 Å². The van der Waals surface area contributed by atoms with Crippen LogP contribution >= 0.6 is 0 Å². The second-order valence-electron chi connectivity index (χ2n) is 6.58. The van der Waals surface area contributed by atoms with Gasteiger partial charge in [0, 0.05) is 24.2 Å². The summed E-state index contributed by atoms with van der Waals surface area (Å²) in [6.07, 6.45) is 0. The van der Waals surface area contributed by atoms with E-state index in [0.29, 0.717) is 13.1 Å². The third kappa shape index (κ3) is 2.92. The molecule has 1 saturated heterocycles. The number of piperazine rings is 1. The molecule has 0 unspecified atom stereocenters. The lowest BCUT2D eigenvalue weighted by molar-refractivity contribution is -0.224. The molecule has 4 heteroatoms. The molecule has 0 aliphatic carbocycles. The fraction of sp³-hybridized carbons (Fsp3) is 1.00. The van der Waals surface area contributed by atoms with Crippen LogP contribution in [0.1, 0.15) is 41.5 Å². The van der Waals surface area contributed by atoms with Crippen molar-refractivity contribution in [3.8, 4) is 0 Å². The van der Waals surface area contributed by atoms with Crippen molar-refractivity contribution < 1.29 is 8.78 Å². The number of halogens is 2. The van der Waals surface area contributed by atoms with E-state index >= 15 is 0 Å². The van der Waals surface area contributed by atoms with Gasteiger partial charge < -0.3 is 0 Å². The van der Waals surface area contributed by atoms with Crippen LogP contribution in [-0.2, 0) is 0 Å². The van der Waals surface area contributed by atoms with Crippen molar-refractivity contribution in [2.75, 3.05) is 19.6 Å². The van der Waals surface area contributed by atoms with E-state index in [4.69, 9.17) is 0 Å². The van der Waals surface area contributed by atoms with Gasteiger partial charge in [0.2, 0.25) is 0 Å². The van der Waals surface area contributed by atoms with Crippen molar-refractivity contribution in [1.29, 1.82) is 0 Å². The monoisotopic (exact) mass is 234 g/mol. The molecule has 0 atom stereocenters. The molecule has 0 radical (unpaired) electrons. The number of alkyl halides is 2. The van der Waals surface area contributed by atoms with Crippen LogP contribution in [0.4, 0.5) is 8.78 Å². The lowest BCUT2D eigenvalue weighted by Gasteiger charge is -2.50. The maximum absolute atomic E-state index is 14.0. The Hall–Kier alpha value is -0.220. The summed E-state index contributed by atoms with van der Waals surface area (Å²) in [5, 5.41) is 0. The minimum absolute atomic E-state index is 0.173. The second kappa shape index (κ2) is 3.91. The molecule has 0 amide bonds. The third-order valence-electron chi connectivity index (χ3n) is 3.13. The Kier molecular flexibility index (Phi) is 3.39. The van der Waals surface area contributed by atoms with Gasteiger partial charge in [-0.15, -0.1) is 0 Å². The van der Waals surface area contributed by atoms with Crippen LogP contribution < -0.4 is 0 Å². The summed E-state index contributed by atoms with van der Waals surface area (Å²) in [5.74, 6) is 0. The zero-order chi connectivity index (χ0) is 12.8. The first-order valence-electron chi connectivity index (χ1n) is 5.85. The average molecular weight is 234 g/mol. The molecular weight excluding hydrogens is 210 g/mol. The van der Waals surface area contributed by atoms with Crippen LogP contribution in [0, 0.1) is 0 Å². The Bertz CT molecular complexity index is 251. The predicted octanol–water partition coefficient (Wildman–Crippen LogP) is 2.79. The van der Waals surface area contributed by atoms with E-state index in [1.165, 1.54) is 4.90 Å². The van der Waals surface area contributed by atoms with Gasteiger partial charge in [-0.3, -0.25) is 4.90 Å². The fourth-order valence-electron chi connectivity index (χ4n) is 2.18. The standard InChI is InChI=1S/C12H24F2N2/c1-10(2,3)15-7-8-16(11(4,5)6)12(13,14)9-15/h7-9H2,1-6H3. The topological polar surface area (TPSA) is 6.48 Å². The Morgan fingerprint density at radius 1 is 0.875 bits per heavy atom. The summed E-state index contributed by atoms with van der Waals surface area (Å²) in [4.78, 5) is 3.16. The predicted molar refractivity (Wildman–Crippen MR) is 62.7 cm³/mol. The van der Waals surface area contributed by atoms with E-state index in [1.54, 1.807) is 0 Å². The van der Waals surface area contributed by atoms with Crippen LogP contribution in [0.5, 0.6) is 0 Å². The maximum atomic E-state index is 14.0. The van der Waals surface area contributed by atoms with Gasteiger partial charge >= 0.3 is 6.05 Å². The normalized spacial score (nSPS) is 24.8. The van der Waals surface area contributed by atoms with Crippen molar-refractivity contribution in [2.45, 2.75) is 58.7 Å². The van der Waals surface area contributed by atoms with Crippen LogP contribution in [0.25, 0.3) is 0 Å². The van der Waals surface area contributed by atoms with Gasteiger partial charge in [0.05, 0.1) is 6.54 Å². The molecule has 16 heavy (non-hydrogen) atoms. The van der Waals surface area contributed by atoms with Crippen molar-refractivity contribution in [1.82, 2.24) is 9.80 Å². The van der Waals surface area contributed by atoms with E-state index in [-0.39, 0.29) is 12.1 Å². The minimum atomic E-state index is -2.73. The van der Waals surface area contributed by atoms with Gasteiger partial charge in [0.25, 0.3) is 0 Å². The Labute approximate surface area is 97.6 Å². The molecule has 0 aromatic carbocycles. The van der Waals surface area contributed by atoms with E-state index in [1.807, 2.05) is 46.4 Å². The zero-order valence-corrected chi connectivity index (χ0v) is 11.3. The van der Waals surface area contributed by atoms with Crippen molar-refractivity contribution >= 4 is 0 Å². The first kappa shape index (κ1) is 13.8. The molecule has 1 aliphatic rings. The molecule has 0 saturated carbocycles. The molecule has 2 nitrogen and oxygen atoms in total. The van der Waals surface area contributed by atoms with Crippen LogP contribution in [-0.4, -0.2) is 46.6 Å². The zero-order valence-electron chi connectivity index (χ0n) is 11.3. The fourth-order valence-corrected chi connectivity index (χ4v) is 2.18. The maximum Gasteiger partial charge on any atom is 0.317 e. The molecule has 1 heterocycles. The van der Waals surface area contributed by atoms with Gasteiger partial charge in [0.15, 0.2) is 0 Å². The molecule has 96 valence electrons. The minimum Gasteiger partial charge on any atom is -0.290 e. The summed E-state index contributed by atoms with van der Waals surface area (Å²) in [5.41, 5.74) is -0.666. The molecule has 0 spiro atoms. The molecule has 1 rings (SSSR count). The molecule has 1 aliphatic heterocycles.